The van der Waals surface area contributed by atoms with Gasteiger partial charge in [-0.3, -0.25) is 19.9 Å². The maximum absolute atomic E-state index is 4.55. The topological polar surface area (TPSA) is 425 Å². The van der Waals surface area contributed by atoms with Gasteiger partial charge in [-0.15, -0.1) is 0 Å². The molecule has 20 aromatic rings. The summed E-state index contributed by atoms with van der Waals surface area (Å²) < 4.78 is 0. The number of pyridine rings is 4. The number of nitrogens with one attached hydrogen (secondary N) is 15. The number of fused-ring (bicyclic) bond motifs is 5. The molecule has 34 heteroatoms. The lowest BCUT2D eigenvalue weighted by Crippen LogP contribution is -2.15. The Bertz CT molecular complexity index is 6400. The molecule has 0 saturated heterocycles. The van der Waals surface area contributed by atoms with Gasteiger partial charge in [0.2, 0.25) is 89.2 Å². The average Bonchev–Trinajstić information content (AvgIpc) is 0.825. The first kappa shape index (κ1) is 94.6. The average molecular weight is 1860 g/mol. The summed E-state index contributed by atoms with van der Waals surface area (Å²) >= 11 is 0. The molecule has 34 nitrogen and oxygen atoms in total. The molecule has 140 heavy (non-hydrogen) atoms. The zero-order valence-electron chi connectivity index (χ0n) is 78.7. The Morgan fingerprint density at radius 1 is 0.171 bits per heavy atom. The quantitative estimate of drug-likeness (QED) is 0.0199. The Kier molecular flexibility index (Phi) is 31.6. The second-order valence-electron chi connectivity index (χ2n) is 33.2. The molecule has 0 spiro atoms. The molecule has 15 N–H and O–H groups in total. The van der Waals surface area contributed by atoms with Crippen molar-refractivity contribution < 1.29 is 0 Å². The molecule has 0 atom stereocenters. The highest BCUT2D eigenvalue weighted by Gasteiger charge is 2.19. The second kappa shape index (κ2) is 46.8. The Morgan fingerprint density at radius 3 is 0.750 bits per heavy atom. The van der Waals surface area contributed by atoms with Gasteiger partial charge in [0.25, 0.3) is 0 Å². The molecule has 0 saturated carbocycles. The zero-order valence-corrected chi connectivity index (χ0v) is 78.7. The van der Waals surface area contributed by atoms with E-state index in [1.165, 1.54) is 0 Å². The van der Waals surface area contributed by atoms with Crippen molar-refractivity contribution in [1.29, 1.82) is 0 Å². The lowest BCUT2D eigenvalue weighted by atomic mass is 10.1. The molecule has 0 radical (unpaired) electrons. The minimum Gasteiger partial charge on any atom is -0.352 e. The van der Waals surface area contributed by atoms with E-state index >= 15 is 0 Å². The van der Waals surface area contributed by atoms with Crippen LogP contribution in [0, 0.1) is 0 Å². The van der Waals surface area contributed by atoms with Crippen LogP contribution in [0.5, 0.6) is 0 Å². The van der Waals surface area contributed by atoms with Gasteiger partial charge < -0.3 is 79.8 Å². The van der Waals surface area contributed by atoms with Crippen molar-refractivity contribution in [2.45, 2.75) is 99.4 Å². The van der Waals surface area contributed by atoms with Crippen LogP contribution in [-0.4, -0.2) is 125 Å². The summed E-state index contributed by atoms with van der Waals surface area (Å²) in [6, 6.07) is 102. The minimum atomic E-state index is 0.194. The highest BCUT2D eigenvalue weighted by Crippen LogP contribution is 2.33. The van der Waals surface area contributed by atoms with Crippen LogP contribution in [0.25, 0.3) is 54.3 Å². The first-order chi connectivity index (χ1) is 68.3. The Balaban J connectivity index is 0.000000126. The molecular weight excluding hydrogens is 1750 g/mol. The van der Waals surface area contributed by atoms with Crippen molar-refractivity contribution in [3.63, 3.8) is 0 Å². The molecule has 11 aromatic carbocycles. The largest absolute Gasteiger partial charge is 0.352 e. The third-order valence-electron chi connectivity index (χ3n) is 20.0. The highest BCUT2D eigenvalue weighted by molar-refractivity contribution is 5.97. The summed E-state index contributed by atoms with van der Waals surface area (Å²) in [7, 11) is 0. The molecule has 0 aliphatic heterocycles. The summed E-state index contributed by atoms with van der Waals surface area (Å²) in [5.41, 5.74) is 11.7. The van der Waals surface area contributed by atoms with Crippen LogP contribution in [0.15, 0.2) is 340 Å². The molecule has 0 unspecified atom stereocenters. The van der Waals surface area contributed by atoms with Crippen molar-refractivity contribution >= 4 is 200 Å². The van der Waals surface area contributed by atoms with Crippen molar-refractivity contribution in [3.05, 3.63) is 340 Å². The number of para-hydroxylation sites is 6. The van der Waals surface area contributed by atoms with Crippen molar-refractivity contribution in [1.82, 2.24) is 94.7 Å². The van der Waals surface area contributed by atoms with Gasteiger partial charge in [-0.1, -0.05) is 170 Å². The molecule has 20 rings (SSSR count). The highest BCUT2D eigenvalue weighted by atomic mass is 15.3. The Hall–Kier alpha value is -18.6. The van der Waals surface area contributed by atoms with Gasteiger partial charge in [0, 0.05) is 133 Å². The summed E-state index contributed by atoms with van der Waals surface area (Å²) in [5.74, 6) is 7.15. The first-order valence-corrected chi connectivity index (χ1v) is 45.8. The zero-order chi connectivity index (χ0) is 96.7. The van der Waals surface area contributed by atoms with Gasteiger partial charge in [0.15, 0.2) is 0 Å². The van der Waals surface area contributed by atoms with E-state index in [1.807, 2.05) is 367 Å². The summed E-state index contributed by atoms with van der Waals surface area (Å²) in [5, 5.41) is 56.3. The molecule has 700 valence electrons. The molecule has 0 amide bonds. The van der Waals surface area contributed by atoms with Crippen LogP contribution in [0.3, 0.4) is 0 Å². The molecule has 9 heterocycles. The van der Waals surface area contributed by atoms with Crippen LogP contribution >= 0.6 is 0 Å². The van der Waals surface area contributed by atoms with Gasteiger partial charge in [-0.2, -0.15) is 74.8 Å². The Morgan fingerprint density at radius 2 is 0.407 bits per heavy atom. The molecule has 9 aromatic heterocycles. The fourth-order valence-electron chi connectivity index (χ4n) is 14.1. The van der Waals surface area contributed by atoms with E-state index < -0.39 is 0 Å². The van der Waals surface area contributed by atoms with Crippen molar-refractivity contribution in [3.8, 4) is 0 Å². The third kappa shape index (κ3) is 27.6. The van der Waals surface area contributed by atoms with Crippen LogP contribution in [-0.2, 0) is 0 Å². The predicted octanol–water partition coefficient (Wildman–Crippen LogP) is 24.2. The summed E-state index contributed by atoms with van der Waals surface area (Å²) in [6.07, 6.45) is 8.94. The standard InChI is InChI=1S/C22H22N6.4C21H21N7/c1-15(2)23-20-26-21(24-17-11-4-3-5-12-17)28-22(27-20)25-19-14-8-10-16-9-6-7-13-18(16)19;1-14(2)23-19-26-20(24-16-10-4-3-5-11-16)28-21(27-19)25-17-12-6-8-15-9-7-13-22-18(15)17;2*1-14(2)23-19-26-20(24-15-8-4-3-5-9-15)28-21(27-19)25-18-12-6-11-17-16(18)10-7-13-22-17;1-14(2)23-19-26-20(24-16-8-4-3-5-9-16)28-21(27-19)25-18-10-6-7-15-13-22-12-11-17(15)18/h3-15H,1-2H3,(H3,23,24,25,26,27,28);4*3-14H,1-2H3,(H3,23,24,25,26,27,28). The van der Waals surface area contributed by atoms with Gasteiger partial charge in [-0.25, -0.2) is 0 Å². The number of benzene rings is 11. The van der Waals surface area contributed by atoms with Gasteiger partial charge >= 0.3 is 0 Å². The monoisotopic (exact) mass is 1850 g/mol. The number of nitrogens with zero attached hydrogens (tertiary/aromatic N) is 19. The van der Waals surface area contributed by atoms with Crippen molar-refractivity contribution in [2.75, 3.05) is 79.8 Å². The van der Waals surface area contributed by atoms with Crippen molar-refractivity contribution in [2.24, 2.45) is 0 Å². The Labute approximate surface area is 810 Å². The smallest absolute Gasteiger partial charge is 0.233 e. The normalized spacial score (nSPS) is 10.8. The van der Waals surface area contributed by atoms with E-state index in [2.05, 4.69) is 193 Å². The number of hydrogen-bond donors (Lipinski definition) is 15. The van der Waals surface area contributed by atoms with Gasteiger partial charge in [0.05, 0.1) is 33.6 Å². The van der Waals surface area contributed by atoms with Crippen LogP contribution in [0.4, 0.5) is 146 Å². The van der Waals surface area contributed by atoms with E-state index in [0.29, 0.717) is 89.2 Å². The van der Waals surface area contributed by atoms with Gasteiger partial charge in [0.1, 0.15) is 0 Å². The lowest BCUT2D eigenvalue weighted by molar-refractivity contribution is 0.869. The number of aromatic nitrogens is 19. The van der Waals surface area contributed by atoms with E-state index in [1.54, 1.807) is 24.8 Å². The first-order valence-electron chi connectivity index (χ1n) is 45.8. The summed E-state index contributed by atoms with van der Waals surface area (Å²) in [6.45, 7) is 20.4. The number of hydrogen-bond acceptors (Lipinski definition) is 34. The molecule has 0 aliphatic carbocycles. The van der Waals surface area contributed by atoms with Crippen LogP contribution in [0.1, 0.15) is 69.2 Å². The van der Waals surface area contributed by atoms with E-state index in [4.69, 9.17) is 0 Å². The molecule has 0 aliphatic rings. The number of rotatable bonds is 30. The predicted molar refractivity (Wildman–Crippen MR) is 569 cm³/mol. The SMILES string of the molecule is CC(C)Nc1nc(Nc2ccccc2)nc(Nc2cccc3ccccc23)n1.CC(C)Nc1nc(Nc2ccccc2)nc(Nc2cccc3cccnc23)n1.CC(C)Nc1nc(Nc2ccccc2)nc(Nc2cccc3cnccc23)n1.CC(C)Nc1nc(Nc2ccccc2)nc(Nc2cccc3ncccc23)n1.CC(C)Nc1nc(Nc2ccccc2)nc(Nc2cccc3ncccc23)n1. The van der Waals surface area contributed by atoms with E-state index in [9.17, 15) is 0 Å². The third-order valence-corrected chi connectivity index (χ3v) is 20.0. The summed E-state index contributed by atoms with van der Waals surface area (Å²) in [4.78, 5) is 85.1. The molecular formula is C106H106N34. The second-order valence-corrected chi connectivity index (χ2v) is 33.2. The minimum absolute atomic E-state index is 0.194. The van der Waals surface area contributed by atoms with E-state index in [-0.39, 0.29) is 30.2 Å². The lowest BCUT2D eigenvalue weighted by Gasteiger charge is -2.13. The van der Waals surface area contributed by atoms with E-state index in [0.717, 1.165) is 111 Å². The maximum atomic E-state index is 4.55. The fourth-order valence-corrected chi connectivity index (χ4v) is 14.1. The van der Waals surface area contributed by atoms with Crippen LogP contribution < -0.4 is 79.8 Å². The molecule has 0 bridgehead atoms. The number of anilines is 25. The maximum Gasteiger partial charge on any atom is 0.233 e. The van der Waals surface area contributed by atoms with Gasteiger partial charge in [-0.05, 0) is 214 Å². The fraction of sp³-hybridized carbons (Fsp3) is 0.142. The molecule has 0 fully saturated rings. The van der Waals surface area contributed by atoms with Crippen LogP contribution in [0.2, 0.25) is 0 Å².